The summed E-state index contributed by atoms with van der Waals surface area (Å²) in [5.41, 5.74) is 3.10. The van der Waals surface area contributed by atoms with Crippen molar-refractivity contribution in [3.05, 3.63) is 51.4 Å². The summed E-state index contributed by atoms with van der Waals surface area (Å²) in [6.45, 7) is 3.70. The number of benzene rings is 1. The van der Waals surface area contributed by atoms with Crippen molar-refractivity contribution >= 4 is 22.5 Å². The molecular formula is C17H18N4O3. The number of hydrogen-bond acceptors (Lipinski definition) is 4. The molecule has 2 heterocycles. The van der Waals surface area contributed by atoms with Crippen LogP contribution in [-0.2, 0) is 7.05 Å². The number of aromatic amines is 1. The number of hydrogen-bond donors (Lipinski definition) is 2. The van der Waals surface area contributed by atoms with E-state index in [0.717, 1.165) is 10.9 Å². The smallest absolute Gasteiger partial charge is 0.262 e. The molecule has 7 nitrogen and oxygen atoms in total. The number of carbonyl (C=O) groups is 1. The minimum absolute atomic E-state index is 0.127. The molecule has 0 aliphatic heterocycles. The Morgan fingerprint density at radius 3 is 2.75 bits per heavy atom. The first-order chi connectivity index (χ1) is 11.4. The molecule has 0 saturated heterocycles. The second kappa shape index (κ2) is 5.84. The fraction of sp³-hybridized carbons (Fsp3) is 0.235. The van der Waals surface area contributed by atoms with Gasteiger partial charge in [-0.1, -0.05) is 6.07 Å². The topological polar surface area (TPSA) is 89.0 Å². The lowest BCUT2D eigenvalue weighted by Gasteiger charge is -2.09. The van der Waals surface area contributed by atoms with Crippen LogP contribution in [-0.4, -0.2) is 27.8 Å². The van der Waals surface area contributed by atoms with Gasteiger partial charge in [0.1, 0.15) is 5.56 Å². The summed E-state index contributed by atoms with van der Waals surface area (Å²) in [6, 6.07) is 5.42. The molecular weight excluding hydrogens is 308 g/mol. The molecule has 3 rings (SSSR count). The average Bonchev–Trinajstić information content (AvgIpc) is 2.94. The highest BCUT2D eigenvalue weighted by atomic mass is 16.5. The monoisotopic (exact) mass is 326 g/mol. The third-order valence-corrected chi connectivity index (χ3v) is 4.07. The number of nitrogens with zero attached hydrogens (tertiary/aromatic N) is 2. The number of H-pyrrole nitrogens is 1. The number of pyridine rings is 1. The van der Waals surface area contributed by atoms with E-state index < -0.39 is 0 Å². The van der Waals surface area contributed by atoms with Crippen LogP contribution in [0.2, 0.25) is 0 Å². The van der Waals surface area contributed by atoms with Gasteiger partial charge >= 0.3 is 0 Å². The normalized spacial score (nSPS) is 10.8. The van der Waals surface area contributed by atoms with Gasteiger partial charge < -0.3 is 15.0 Å². The standard InChI is InChI=1S/C17H18N4O3/c1-9-10(2)15(22)19-14-7-11(5-6-12(9)14)18-16(23)13-8-21(3)20-17(13)24-4/h5-8H,1-4H3,(H,18,23)(H,19,22). The molecule has 0 radical (unpaired) electrons. The van der Waals surface area contributed by atoms with Crippen LogP contribution in [0.5, 0.6) is 5.88 Å². The van der Waals surface area contributed by atoms with Gasteiger partial charge in [-0.3, -0.25) is 14.3 Å². The summed E-state index contributed by atoms with van der Waals surface area (Å²) in [5.74, 6) is -0.0684. The summed E-state index contributed by atoms with van der Waals surface area (Å²) >= 11 is 0. The predicted molar refractivity (Wildman–Crippen MR) is 91.8 cm³/mol. The summed E-state index contributed by atoms with van der Waals surface area (Å²) in [4.78, 5) is 27.2. The number of ether oxygens (including phenoxy) is 1. The number of aryl methyl sites for hydroxylation is 2. The van der Waals surface area contributed by atoms with Crippen molar-refractivity contribution in [3.8, 4) is 5.88 Å². The molecule has 0 unspecified atom stereocenters. The van der Waals surface area contributed by atoms with Crippen LogP contribution in [0.25, 0.3) is 10.9 Å². The zero-order chi connectivity index (χ0) is 17.4. The minimum Gasteiger partial charge on any atom is -0.479 e. The van der Waals surface area contributed by atoms with Crippen molar-refractivity contribution in [1.29, 1.82) is 0 Å². The van der Waals surface area contributed by atoms with Crippen LogP contribution >= 0.6 is 0 Å². The van der Waals surface area contributed by atoms with Gasteiger partial charge in [-0.05, 0) is 31.5 Å². The molecule has 0 fully saturated rings. The van der Waals surface area contributed by atoms with E-state index in [-0.39, 0.29) is 17.3 Å². The van der Waals surface area contributed by atoms with Crippen molar-refractivity contribution in [3.63, 3.8) is 0 Å². The quantitative estimate of drug-likeness (QED) is 0.772. The van der Waals surface area contributed by atoms with E-state index in [4.69, 9.17) is 4.74 Å². The molecule has 1 aromatic carbocycles. The van der Waals surface area contributed by atoms with E-state index in [9.17, 15) is 9.59 Å². The molecule has 0 bridgehead atoms. The largest absolute Gasteiger partial charge is 0.479 e. The first-order valence-corrected chi connectivity index (χ1v) is 7.43. The van der Waals surface area contributed by atoms with Crippen LogP contribution < -0.4 is 15.6 Å². The van der Waals surface area contributed by atoms with Gasteiger partial charge in [-0.25, -0.2) is 0 Å². The van der Waals surface area contributed by atoms with E-state index in [1.165, 1.54) is 11.8 Å². The highest BCUT2D eigenvalue weighted by Crippen LogP contribution is 2.22. The van der Waals surface area contributed by atoms with Gasteiger partial charge in [0, 0.05) is 29.9 Å². The highest BCUT2D eigenvalue weighted by Gasteiger charge is 2.17. The van der Waals surface area contributed by atoms with Crippen molar-refractivity contribution < 1.29 is 9.53 Å². The second-order valence-corrected chi connectivity index (χ2v) is 5.64. The first kappa shape index (κ1) is 15.8. The lowest BCUT2D eigenvalue weighted by atomic mass is 10.1. The first-order valence-electron chi connectivity index (χ1n) is 7.43. The van der Waals surface area contributed by atoms with Gasteiger partial charge in [0.2, 0.25) is 5.88 Å². The molecule has 0 aliphatic carbocycles. The zero-order valence-corrected chi connectivity index (χ0v) is 13.9. The molecule has 124 valence electrons. The lowest BCUT2D eigenvalue weighted by Crippen LogP contribution is -2.14. The van der Waals surface area contributed by atoms with Crippen molar-refractivity contribution in [2.45, 2.75) is 13.8 Å². The number of carbonyl (C=O) groups excluding carboxylic acids is 1. The molecule has 2 N–H and O–H groups in total. The lowest BCUT2D eigenvalue weighted by molar-refractivity contribution is 0.102. The number of anilines is 1. The number of methoxy groups -OCH3 is 1. The highest BCUT2D eigenvalue weighted by molar-refractivity contribution is 6.06. The molecule has 0 spiro atoms. The predicted octanol–water partition coefficient (Wildman–Crippen LogP) is 2.14. The summed E-state index contributed by atoms with van der Waals surface area (Å²) < 4.78 is 6.61. The molecule has 0 atom stereocenters. The van der Waals surface area contributed by atoms with Crippen LogP contribution in [0.4, 0.5) is 5.69 Å². The molecule has 7 heteroatoms. The van der Waals surface area contributed by atoms with Gasteiger partial charge in [-0.2, -0.15) is 0 Å². The van der Waals surface area contributed by atoms with Gasteiger partial charge in [0.25, 0.3) is 11.5 Å². The van der Waals surface area contributed by atoms with Crippen molar-refractivity contribution in [2.75, 3.05) is 12.4 Å². The molecule has 0 saturated carbocycles. The Hall–Kier alpha value is -3.09. The zero-order valence-electron chi connectivity index (χ0n) is 13.9. The fourth-order valence-corrected chi connectivity index (χ4v) is 2.61. The van der Waals surface area contributed by atoms with Crippen LogP contribution in [0, 0.1) is 13.8 Å². The van der Waals surface area contributed by atoms with E-state index in [1.807, 2.05) is 13.0 Å². The average molecular weight is 326 g/mol. The summed E-state index contributed by atoms with van der Waals surface area (Å²) in [6.07, 6.45) is 1.59. The van der Waals surface area contributed by atoms with Gasteiger partial charge in [0.15, 0.2) is 0 Å². The Morgan fingerprint density at radius 2 is 2.04 bits per heavy atom. The Bertz CT molecular complexity index is 1000. The maximum absolute atomic E-state index is 12.4. The number of rotatable bonds is 3. The van der Waals surface area contributed by atoms with Crippen LogP contribution in [0.1, 0.15) is 21.5 Å². The molecule has 0 aliphatic rings. The van der Waals surface area contributed by atoms with Crippen molar-refractivity contribution in [1.82, 2.24) is 14.8 Å². The molecule has 2 aromatic heterocycles. The van der Waals surface area contributed by atoms with Crippen molar-refractivity contribution in [2.24, 2.45) is 7.05 Å². The number of fused-ring (bicyclic) bond motifs is 1. The van der Waals surface area contributed by atoms with E-state index in [1.54, 1.807) is 32.3 Å². The summed E-state index contributed by atoms with van der Waals surface area (Å²) in [5, 5.41) is 7.81. The maximum atomic E-state index is 12.4. The summed E-state index contributed by atoms with van der Waals surface area (Å²) in [7, 11) is 3.18. The van der Waals surface area contributed by atoms with Crippen LogP contribution in [0.15, 0.2) is 29.2 Å². The SMILES string of the molecule is COc1nn(C)cc1C(=O)Nc1ccc2c(C)c(C)c(=O)[nH]c2c1. The number of nitrogens with one attached hydrogen (secondary N) is 2. The number of aromatic nitrogens is 3. The minimum atomic E-state index is -0.328. The maximum Gasteiger partial charge on any atom is 0.262 e. The Balaban J connectivity index is 1.97. The van der Waals surface area contributed by atoms with Gasteiger partial charge in [0.05, 0.1) is 12.6 Å². The Kier molecular flexibility index (Phi) is 3.84. The molecule has 24 heavy (non-hydrogen) atoms. The third-order valence-electron chi connectivity index (χ3n) is 4.07. The third kappa shape index (κ3) is 2.64. The Labute approximate surface area is 138 Å². The second-order valence-electron chi connectivity index (χ2n) is 5.64. The fourth-order valence-electron chi connectivity index (χ4n) is 2.61. The van der Waals surface area contributed by atoms with E-state index in [0.29, 0.717) is 22.3 Å². The molecule has 3 aromatic rings. The van der Waals surface area contributed by atoms with Crippen LogP contribution in [0.3, 0.4) is 0 Å². The Morgan fingerprint density at radius 1 is 1.29 bits per heavy atom. The number of amides is 1. The van der Waals surface area contributed by atoms with E-state index in [2.05, 4.69) is 15.4 Å². The van der Waals surface area contributed by atoms with Gasteiger partial charge in [-0.15, -0.1) is 5.10 Å². The van der Waals surface area contributed by atoms with E-state index >= 15 is 0 Å². The molecule has 1 amide bonds.